The molecule has 1 atom stereocenters. The standard InChI is InChI=1S/C12H26N2O4/c1-12(16,5-8-18-3)10-13-9-11(15)14-6-4-7-17-2/h13,16H,4-10H2,1-3H3,(H,14,15). The van der Waals surface area contributed by atoms with Gasteiger partial charge in [0.2, 0.25) is 5.91 Å². The van der Waals surface area contributed by atoms with Crippen LogP contribution in [0.1, 0.15) is 19.8 Å². The molecule has 0 saturated carbocycles. The summed E-state index contributed by atoms with van der Waals surface area (Å²) in [5.74, 6) is -0.0753. The number of hydrogen-bond acceptors (Lipinski definition) is 5. The molecule has 0 rings (SSSR count). The lowest BCUT2D eigenvalue weighted by molar-refractivity contribution is -0.120. The van der Waals surface area contributed by atoms with Crippen molar-refractivity contribution in [1.29, 1.82) is 0 Å². The van der Waals surface area contributed by atoms with Crippen molar-refractivity contribution in [2.24, 2.45) is 0 Å². The number of carbonyl (C=O) groups is 1. The molecule has 0 aromatic heterocycles. The van der Waals surface area contributed by atoms with Gasteiger partial charge in [0.15, 0.2) is 0 Å². The average molecular weight is 262 g/mol. The van der Waals surface area contributed by atoms with E-state index in [0.717, 1.165) is 6.42 Å². The molecule has 0 aliphatic rings. The van der Waals surface area contributed by atoms with Gasteiger partial charge in [-0.15, -0.1) is 0 Å². The van der Waals surface area contributed by atoms with Crippen molar-refractivity contribution in [3.8, 4) is 0 Å². The zero-order valence-electron chi connectivity index (χ0n) is 11.6. The number of ether oxygens (including phenoxy) is 2. The highest BCUT2D eigenvalue weighted by Gasteiger charge is 2.19. The number of amides is 1. The molecule has 0 spiro atoms. The van der Waals surface area contributed by atoms with Crippen molar-refractivity contribution in [3.63, 3.8) is 0 Å². The van der Waals surface area contributed by atoms with Gasteiger partial charge in [0.25, 0.3) is 0 Å². The third-order valence-corrected chi connectivity index (χ3v) is 2.48. The monoisotopic (exact) mass is 262 g/mol. The second-order valence-corrected chi connectivity index (χ2v) is 4.54. The molecule has 3 N–H and O–H groups in total. The molecule has 1 unspecified atom stereocenters. The van der Waals surface area contributed by atoms with E-state index in [1.165, 1.54) is 0 Å². The highest BCUT2D eigenvalue weighted by atomic mass is 16.5. The Balaban J connectivity index is 3.54. The van der Waals surface area contributed by atoms with Crippen molar-refractivity contribution in [2.45, 2.75) is 25.4 Å². The first-order valence-corrected chi connectivity index (χ1v) is 6.19. The highest BCUT2D eigenvalue weighted by molar-refractivity contribution is 5.77. The number of hydrogen-bond donors (Lipinski definition) is 3. The summed E-state index contributed by atoms with van der Waals surface area (Å²) in [6, 6.07) is 0. The van der Waals surface area contributed by atoms with Crippen LogP contribution in [-0.4, -0.2) is 63.7 Å². The van der Waals surface area contributed by atoms with E-state index in [-0.39, 0.29) is 12.5 Å². The molecule has 0 saturated heterocycles. The SMILES string of the molecule is COCCCNC(=O)CNCC(C)(O)CCOC. The van der Waals surface area contributed by atoms with Gasteiger partial charge in [-0.2, -0.15) is 0 Å². The predicted octanol–water partition coefficient (Wildman–Crippen LogP) is -0.484. The van der Waals surface area contributed by atoms with E-state index in [0.29, 0.717) is 32.7 Å². The first-order valence-electron chi connectivity index (χ1n) is 6.19. The van der Waals surface area contributed by atoms with Gasteiger partial charge in [0.1, 0.15) is 0 Å². The topological polar surface area (TPSA) is 79.8 Å². The molecule has 6 nitrogen and oxygen atoms in total. The van der Waals surface area contributed by atoms with Crippen LogP contribution >= 0.6 is 0 Å². The van der Waals surface area contributed by atoms with Gasteiger partial charge in [0, 0.05) is 46.9 Å². The molecule has 0 aliphatic heterocycles. The molecule has 18 heavy (non-hydrogen) atoms. The quantitative estimate of drug-likeness (QED) is 0.438. The molecule has 0 aromatic rings. The minimum Gasteiger partial charge on any atom is -0.389 e. The fraction of sp³-hybridized carbons (Fsp3) is 0.917. The van der Waals surface area contributed by atoms with Gasteiger partial charge in [-0.25, -0.2) is 0 Å². The molecule has 1 amide bonds. The first-order chi connectivity index (χ1) is 8.52. The van der Waals surface area contributed by atoms with Gasteiger partial charge in [-0.05, 0) is 13.3 Å². The van der Waals surface area contributed by atoms with E-state index in [4.69, 9.17) is 9.47 Å². The van der Waals surface area contributed by atoms with Crippen molar-refractivity contribution < 1.29 is 19.4 Å². The summed E-state index contributed by atoms with van der Waals surface area (Å²) in [5, 5.41) is 15.6. The van der Waals surface area contributed by atoms with Gasteiger partial charge < -0.3 is 25.2 Å². The molecular weight excluding hydrogens is 236 g/mol. The zero-order chi connectivity index (χ0) is 13.9. The molecule has 0 aromatic carbocycles. The fourth-order valence-electron chi connectivity index (χ4n) is 1.36. The predicted molar refractivity (Wildman–Crippen MR) is 69.5 cm³/mol. The zero-order valence-corrected chi connectivity index (χ0v) is 11.6. The van der Waals surface area contributed by atoms with Gasteiger partial charge in [0.05, 0.1) is 12.1 Å². The molecule has 0 radical (unpaired) electrons. The maximum absolute atomic E-state index is 11.4. The van der Waals surface area contributed by atoms with Crippen molar-refractivity contribution in [2.75, 3.05) is 47.1 Å². The minimum absolute atomic E-state index is 0.0753. The second kappa shape index (κ2) is 10.3. The number of rotatable bonds is 11. The second-order valence-electron chi connectivity index (χ2n) is 4.54. The number of methoxy groups -OCH3 is 2. The molecule has 0 aliphatic carbocycles. The third-order valence-electron chi connectivity index (χ3n) is 2.48. The van der Waals surface area contributed by atoms with Crippen LogP contribution in [0.2, 0.25) is 0 Å². The van der Waals surface area contributed by atoms with Gasteiger partial charge in [-0.3, -0.25) is 4.79 Å². The summed E-state index contributed by atoms with van der Waals surface area (Å²) >= 11 is 0. The lowest BCUT2D eigenvalue weighted by Crippen LogP contribution is -2.43. The Hall–Kier alpha value is -0.690. The lowest BCUT2D eigenvalue weighted by atomic mass is 10.0. The summed E-state index contributed by atoms with van der Waals surface area (Å²) in [7, 11) is 3.22. The van der Waals surface area contributed by atoms with Gasteiger partial charge in [-0.1, -0.05) is 0 Å². The average Bonchev–Trinajstić information content (AvgIpc) is 2.32. The van der Waals surface area contributed by atoms with E-state index in [9.17, 15) is 9.90 Å². The minimum atomic E-state index is -0.855. The van der Waals surface area contributed by atoms with Crippen molar-refractivity contribution in [1.82, 2.24) is 10.6 Å². The summed E-state index contributed by atoms with van der Waals surface area (Å²) in [5.41, 5.74) is -0.855. The summed E-state index contributed by atoms with van der Waals surface area (Å²) in [6.45, 7) is 4.03. The van der Waals surface area contributed by atoms with Crippen LogP contribution in [0, 0.1) is 0 Å². The lowest BCUT2D eigenvalue weighted by Gasteiger charge is -2.23. The molecule has 0 bridgehead atoms. The largest absolute Gasteiger partial charge is 0.389 e. The summed E-state index contributed by atoms with van der Waals surface area (Å²) in [4.78, 5) is 11.4. The molecule has 108 valence electrons. The van der Waals surface area contributed by atoms with Crippen LogP contribution in [0.15, 0.2) is 0 Å². The molecule has 0 heterocycles. The van der Waals surface area contributed by atoms with Gasteiger partial charge >= 0.3 is 0 Å². The van der Waals surface area contributed by atoms with Crippen LogP contribution in [-0.2, 0) is 14.3 Å². The van der Waals surface area contributed by atoms with E-state index in [2.05, 4.69) is 10.6 Å². The van der Waals surface area contributed by atoms with E-state index >= 15 is 0 Å². The molecular formula is C12H26N2O4. The molecule has 6 heteroatoms. The normalized spacial score (nSPS) is 14.2. The van der Waals surface area contributed by atoms with E-state index < -0.39 is 5.60 Å². The maximum atomic E-state index is 11.4. The van der Waals surface area contributed by atoms with Crippen LogP contribution in [0.25, 0.3) is 0 Å². The Morgan fingerprint density at radius 1 is 1.28 bits per heavy atom. The fourth-order valence-corrected chi connectivity index (χ4v) is 1.36. The number of nitrogens with one attached hydrogen (secondary N) is 2. The Morgan fingerprint density at radius 3 is 2.56 bits per heavy atom. The highest BCUT2D eigenvalue weighted by Crippen LogP contribution is 2.06. The van der Waals surface area contributed by atoms with Crippen molar-refractivity contribution in [3.05, 3.63) is 0 Å². The van der Waals surface area contributed by atoms with Crippen LogP contribution < -0.4 is 10.6 Å². The number of carbonyl (C=O) groups excluding carboxylic acids is 1. The van der Waals surface area contributed by atoms with Crippen molar-refractivity contribution >= 4 is 5.91 Å². The van der Waals surface area contributed by atoms with Crippen LogP contribution in [0.3, 0.4) is 0 Å². The Morgan fingerprint density at radius 2 is 1.94 bits per heavy atom. The maximum Gasteiger partial charge on any atom is 0.233 e. The van der Waals surface area contributed by atoms with Crippen LogP contribution in [0.5, 0.6) is 0 Å². The number of aliphatic hydroxyl groups is 1. The first kappa shape index (κ1) is 17.3. The Kier molecular flexibility index (Phi) is 9.86. The van der Waals surface area contributed by atoms with E-state index in [1.54, 1.807) is 21.1 Å². The van der Waals surface area contributed by atoms with E-state index in [1.807, 2.05) is 0 Å². The summed E-state index contributed by atoms with van der Waals surface area (Å²) < 4.78 is 9.78. The third kappa shape index (κ3) is 10.5. The Bertz CT molecular complexity index is 222. The Labute approximate surface area is 109 Å². The van der Waals surface area contributed by atoms with Crippen LogP contribution in [0.4, 0.5) is 0 Å². The summed E-state index contributed by atoms with van der Waals surface area (Å²) in [6.07, 6.45) is 1.33. The molecule has 0 fully saturated rings. The smallest absolute Gasteiger partial charge is 0.233 e.